The third-order valence-electron chi connectivity index (χ3n) is 3.39. The molecule has 2 aromatic rings. The second kappa shape index (κ2) is 6.79. The first kappa shape index (κ1) is 14.9. The fourth-order valence-corrected chi connectivity index (χ4v) is 2.12. The number of carbonyl (C=O) groups is 1. The summed E-state index contributed by atoms with van der Waals surface area (Å²) in [5.74, 6) is 0.182. The maximum absolute atomic E-state index is 12.1. The third-order valence-corrected chi connectivity index (χ3v) is 3.39. The molecule has 4 heteroatoms. The highest BCUT2D eigenvalue weighted by molar-refractivity contribution is 5.97. The van der Waals surface area contributed by atoms with E-state index in [-0.39, 0.29) is 17.2 Å². The third kappa shape index (κ3) is 3.75. The molecule has 1 amide bonds. The van der Waals surface area contributed by atoms with Gasteiger partial charge in [0.1, 0.15) is 11.5 Å². The van der Waals surface area contributed by atoms with Crippen molar-refractivity contribution in [2.45, 2.75) is 13.3 Å². The molecule has 2 N–H and O–H groups in total. The summed E-state index contributed by atoms with van der Waals surface area (Å²) < 4.78 is 5.06. The Hall–Kier alpha value is -2.49. The average molecular weight is 285 g/mol. The Labute approximate surface area is 124 Å². The molecule has 2 aromatic carbocycles. The van der Waals surface area contributed by atoms with Gasteiger partial charge in [0.25, 0.3) is 5.91 Å². The fraction of sp³-hybridized carbons (Fsp3) is 0.235. The Morgan fingerprint density at radius 3 is 2.71 bits per heavy atom. The van der Waals surface area contributed by atoms with Crippen molar-refractivity contribution in [2.75, 3.05) is 13.7 Å². The fourth-order valence-electron chi connectivity index (χ4n) is 2.12. The molecule has 0 fully saturated rings. The number of hydrogen-bond donors (Lipinski definition) is 2. The van der Waals surface area contributed by atoms with Crippen molar-refractivity contribution in [3.8, 4) is 11.5 Å². The minimum absolute atomic E-state index is 0.0517. The van der Waals surface area contributed by atoms with Crippen LogP contribution in [0.15, 0.2) is 42.5 Å². The summed E-state index contributed by atoms with van der Waals surface area (Å²) in [5.41, 5.74) is 2.63. The molecular formula is C17H19NO3. The quantitative estimate of drug-likeness (QED) is 0.888. The maximum atomic E-state index is 12.1. The number of ether oxygens (including phenoxy) is 1. The van der Waals surface area contributed by atoms with Crippen LogP contribution in [0.2, 0.25) is 0 Å². The van der Waals surface area contributed by atoms with E-state index < -0.39 is 0 Å². The van der Waals surface area contributed by atoms with Gasteiger partial charge in [-0.3, -0.25) is 4.79 Å². The van der Waals surface area contributed by atoms with Crippen LogP contribution in [-0.4, -0.2) is 24.7 Å². The van der Waals surface area contributed by atoms with Crippen LogP contribution in [0.3, 0.4) is 0 Å². The Bertz CT molecular complexity index is 638. The van der Waals surface area contributed by atoms with Gasteiger partial charge in [-0.05, 0) is 42.7 Å². The summed E-state index contributed by atoms with van der Waals surface area (Å²) in [7, 11) is 1.52. The first-order valence-corrected chi connectivity index (χ1v) is 6.81. The van der Waals surface area contributed by atoms with Crippen molar-refractivity contribution in [1.82, 2.24) is 5.32 Å². The standard InChI is InChI=1S/C17H19NO3/c1-12-5-3-4-6-13(12)9-10-18-17(20)15-11-14(21-2)7-8-16(15)19/h3-8,11,19H,9-10H2,1-2H3,(H,18,20). The largest absolute Gasteiger partial charge is 0.507 e. The second-order valence-electron chi connectivity index (χ2n) is 4.82. The number of aryl methyl sites for hydroxylation is 1. The zero-order chi connectivity index (χ0) is 15.2. The molecule has 0 spiro atoms. The monoisotopic (exact) mass is 285 g/mol. The SMILES string of the molecule is COc1ccc(O)c(C(=O)NCCc2ccccc2C)c1. The molecule has 0 aliphatic heterocycles. The molecule has 0 aliphatic carbocycles. The number of methoxy groups -OCH3 is 1. The first-order chi connectivity index (χ1) is 10.1. The van der Waals surface area contributed by atoms with E-state index in [0.29, 0.717) is 12.3 Å². The zero-order valence-corrected chi connectivity index (χ0v) is 12.2. The van der Waals surface area contributed by atoms with E-state index in [0.717, 1.165) is 6.42 Å². The average Bonchev–Trinajstić information content (AvgIpc) is 2.49. The summed E-state index contributed by atoms with van der Waals surface area (Å²) in [6.07, 6.45) is 0.753. The lowest BCUT2D eigenvalue weighted by atomic mass is 10.1. The van der Waals surface area contributed by atoms with Crippen LogP contribution in [0.1, 0.15) is 21.5 Å². The Balaban J connectivity index is 1.98. The lowest BCUT2D eigenvalue weighted by Crippen LogP contribution is -2.26. The Kier molecular flexibility index (Phi) is 4.82. The summed E-state index contributed by atoms with van der Waals surface area (Å²) in [6.45, 7) is 2.56. The van der Waals surface area contributed by atoms with E-state index in [1.807, 2.05) is 31.2 Å². The highest BCUT2D eigenvalue weighted by Gasteiger charge is 2.12. The molecule has 0 saturated carbocycles. The number of nitrogens with one attached hydrogen (secondary N) is 1. The number of aromatic hydroxyl groups is 1. The molecule has 0 bridgehead atoms. The number of amides is 1. The van der Waals surface area contributed by atoms with Crippen LogP contribution in [0.4, 0.5) is 0 Å². The molecular weight excluding hydrogens is 266 g/mol. The maximum Gasteiger partial charge on any atom is 0.255 e. The van der Waals surface area contributed by atoms with Gasteiger partial charge in [-0.2, -0.15) is 0 Å². The number of phenolic OH excluding ortho intramolecular Hbond substituents is 1. The van der Waals surface area contributed by atoms with E-state index in [1.54, 1.807) is 6.07 Å². The van der Waals surface area contributed by atoms with Crippen molar-refractivity contribution in [1.29, 1.82) is 0 Å². The highest BCUT2D eigenvalue weighted by Crippen LogP contribution is 2.22. The minimum atomic E-state index is -0.306. The Morgan fingerprint density at radius 2 is 2.00 bits per heavy atom. The number of hydrogen-bond acceptors (Lipinski definition) is 3. The van der Waals surface area contributed by atoms with Gasteiger partial charge in [0.15, 0.2) is 0 Å². The lowest BCUT2D eigenvalue weighted by molar-refractivity contribution is 0.0951. The molecule has 0 aliphatic rings. The topological polar surface area (TPSA) is 58.6 Å². The van der Waals surface area contributed by atoms with Gasteiger partial charge in [0, 0.05) is 6.54 Å². The molecule has 0 unspecified atom stereocenters. The second-order valence-corrected chi connectivity index (χ2v) is 4.82. The Morgan fingerprint density at radius 1 is 1.24 bits per heavy atom. The molecule has 21 heavy (non-hydrogen) atoms. The van der Waals surface area contributed by atoms with Crippen LogP contribution in [0.25, 0.3) is 0 Å². The van der Waals surface area contributed by atoms with Crippen LogP contribution < -0.4 is 10.1 Å². The minimum Gasteiger partial charge on any atom is -0.507 e. The molecule has 110 valence electrons. The van der Waals surface area contributed by atoms with E-state index in [1.165, 1.54) is 30.4 Å². The zero-order valence-electron chi connectivity index (χ0n) is 12.2. The van der Waals surface area contributed by atoms with Crippen LogP contribution in [0, 0.1) is 6.92 Å². The van der Waals surface area contributed by atoms with Gasteiger partial charge in [-0.1, -0.05) is 24.3 Å². The molecule has 4 nitrogen and oxygen atoms in total. The molecule has 0 radical (unpaired) electrons. The van der Waals surface area contributed by atoms with Crippen molar-refractivity contribution >= 4 is 5.91 Å². The first-order valence-electron chi connectivity index (χ1n) is 6.81. The molecule has 0 aromatic heterocycles. The summed E-state index contributed by atoms with van der Waals surface area (Å²) in [6, 6.07) is 12.7. The van der Waals surface area contributed by atoms with Crippen molar-refractivity contribution in [3.63, 3.8) is 0 Å². The van der Waals surface area contributed by atoms with Gasteiger partial charge in [-0.15, -0.1) is 0 Å². The van der Waals surface area contributed by atoms with Crippen molar-refractivity contribution in [2.24, 2.45) is 0 Å². The summed E-state index contributed by atoms with van der Waals surface area (Å²) in [5, 5.41) is 12.6. The van der Waals surface area contributed by atoms with Crippen molar-refractivity contribution < 1.29 is 14.6 Å². The molecule has 2 rings (SSSR count). The van der Waals surface area contributed by atoms with Crippen LogP contribution in [-0.2, 0) is 6.42 Å². The number of rotatable bonds is 5. The highest BCUT2D eigenvalue weighted by atomic mass is 16.5. The van der Waals surface area contributed by atoms with E-state index in [9.17, 15) is 9.90 Å². The predicted molar refractivity (Wildman–Crippen MR) is 81.9 cm³/mol. The van der Waals surface area contributed by atoms with E-state index in [4.69, 9.17) is 4.74 Å². The normalized spacial score (nSPS) is 10.2. The van der Waals surface area contributed by atoms with Crippen LogP contribution >= 0.6 is 0 Å². The molecule has 0 saturated heterocycles. The van der Waals surface area contributed by atoms with E-state index in [2.05, 4.69) is 5.32 Å². The summed E-state index contributed by atoms with van der Waals surface area (Å²) in [4.78, 5) is 12.1. The number of benzene rings is 2. The van der Waals surface area contributed by atoms with Gasteiger partial charge in [-0.25, -0.2) is 0 Å². The summed E-state index contributed by atoms with van der Waals surface area (Å²) >= 11 is 0. The predicted octanol–water partition coefficient (Wildman–Crippen LogP) is 2.68. The smallest absolute Gasteiger partial charge is 0.255 e. The van der Waals surface area contributed by atoms with Crippen LogP contribution in [0.5, 0.6) is 11.5 Å². The number of phenols is 1. The van der Waals surface area contributed by atoms with Gasteiger partial charge >= 0.3 is 0 Å². The van der Waals surface area contributed by atoms with Crippen molar-refractivity contribution in [3.05, 3.63) is 59.2 Å². The van der Waals surface area contributed by atoms with E-state index >= 15 is 0 Å². The number of carbonyl (C=O) groups excluding carboxylic acids is 1. The molecule has 0 atom stereocenters. The molecule has 0 heterocycles. The van der Waals surface area contributed by atoms with Gasteiger partial charge in [0.05, 0.1) is 12.7 Å². The lowest BCUT2D eigenvalue weighted by Gasteiger charge is -2.09. The van der Waals surface area contributed by atoms with Gasteiger partial charge in [0.2, 0.25) is 0 Å². The van der Waals surface area contributed by atoms with Gasteiger partial charge < -0.3 is 15.2 Å².